The van der Waals surface area contributed by atoms with Crippen molar-refractivity contribution in [2.75, 3.05) is 18.5 Å². The van der Waals surface area contributed by atoms with E-state index in [0.717, 1.165) is 30.7 Å². The lowest BCUT2D eigenvalue weighted by Crippen LogP contribution is -2.31. The van der Waals surface area contributed by atoms with Gasteiger partial charge < -0.3 is 19.9 Å². The fourth-order valence-electron chi connectivity index (χ4n) is 4.02. The molecule has 2 aromatic heterocycles. The standard InChI is InChI=1S/C26H24N6O3/c33-25(29-14-20-4-3-13-35-20)19-9-7-18(8-10-19)21-15-28-16-30-24(21)26(34)31-22-5-1-2-6-23(22)32-12-11-27-17-32/h1-2,5-12,15-17,20H,3-4,13-14H2,(H,29,33)(H,31,34). The van der Waals surface area contributed by atoms with Crippen molar-refractivity contribution in [3.63, 3.8) is 0 Å². The summed E-state index contributed by atoms with van der Waals surface area (Å²) in [6.45, 7) is 1.25. The number of nitrogens with one attached hydrogen (secondary N) is 2. The molecule has 2 N–H and O–H groups in total. The van der Waals surface area contributed by atoms with Gasteiger partial charge in [0.05, 0.1) is 23.8 Å². The molecule has 35 heavy (non-hydrogen) atoms. The summed E-state index contributed by atoms with van der Waals surface area (Å²) in [4.78, 5) is 38.1. The normalized spacial score (nSPS) is 15.0. The number of hydrogen-bond donors (Lipinski definition) is 2. The van der Waals surface area contributed by atoms with E-state index in [2.05, 4.69) is 25.6 Å². The molecule has 5 rings (SSSR count). The highest BCUT2D eigenvalue weighted by Crippen LogP contribution is 2.25. The van der Waals surface area contributed by atoms with Crippen molar-refractivity contribution in [1.29, 1.82) is 0 Å². The Morgan fingerprint density at radius 1 is 1.06 bits per heavy atom. The molecule has 1 saturated heterocycles. The number of hydrogen-bond acceptors (Lipinski definition) is 6. The van der Waals surface area contributed by atoms with Crippen LogP contribution < -0.4 is 10.6 Å². The lowest BCUT2D eigenvalue weighted by atomic mass is 10.0. The molecule has 9 heteroatoms. The summed E-state index contributed by atoms with van der Waals surface area (Å²) in [6.07, 6.45) is 10.2. The van der Waals surface area contributed by atoms with E-state index in [1.54, 1.807) is 49.2 Å². The van der Waals surface area contributed by atoms with E-state index in [-0.39, 0.29) is 23.6 Å². The summed E-state index contributed by atoms with van der Waals surface area (Å²) >= 11 is 0. The average Bonchev–Trinajstić information content (AvgIpc) is 3.62. The Hall–Kier alpha value is -4.37. The largest absolute Gasteiger partial charge is 0.376 e. The minimum absolute atomic E-state index is 0.0830. The smallest absolute Gasteiger partial charge is 0.275 e. The van der Waals surface area contributed by atoms with Crippen LogP contribution in [0.15, 0.2) is 79.8 Å². The van der Waals surface area contributed by atoms with Crippen LogP contribution in [0.2, 0.25) is 0 Å². The van der Waals surface area contributed by atoms with E-state index < -0.39 is 0 Å². The van der Waals surface area contributed by atoms with Crippen molar-refractivity contribution in [2.45, 2.75) is 18.9 Å². The van der Waals surface area contributed by atoms with Crippen molar-refractivity contribution in [3.05, 3.63) is 91.0 Å². The van der Waals surface area contributed by atoms with Crippen molar-refractivity contribution in [1.82, 2.24) is 24.8 Å². The number of imidazole rings is 1. The molecular weight excluding hydrogens is 444 g/mol. The molecular formula is C26H24N6O3. The van der Waals surface area contributed by atoms with Gasteiger partial charge in [0.1, 0.15) is 12.0 Å². The number of carbonyl (C=O) groups is 2. The van der Waals surface area contributed by atoms with Crippen LogP contribution in [0.25, 0.3) is 16.8 Å². The van der Waals surface area contributed by atoms with Gasteiger partial charge in [-0.05, 0) is 42.7 Å². The monoisotopic (exact) mass is 468 g/mol. The first kappa shape index (κ1) is 22.4. The van der Waals surface area contributed by atoms with E-state index in [0.29, 0.717) is 23.4 Å². The highest BCUT2D eigenvalue weighted by atomic mass is 16.5. The maximum absolute atomic E-state index is 13.2. The number of carbonyl (C=O) groups excluding carboxylic acids is 2. The molecule has 176 valence electrons. The average molecular weight is 469 g/mol. The Morgan fingerprint density at radius 2 is 1.91 bits per heavy atom. The first-order valence-electron chi connectivity index (χ1n) is 11.4. The lowest BCUT2D eigenvalue weighted by molar-refractivity contribution is 0.0857. The van der Waals surface area contributed by atoms with Gasteiger partial charge >= 0.3 is 0 Å². The Balaban J connectivity index is 1.33. The second kappa shape index (κ2) is 10.3. The van der Waals surface area contributed by atoms with Gasteiger partial charge in [-0.2, -0.15) is 0 Å². The van der Waals surface area contributed by atoms with E-state index in [1.807, 2.05) is 28.8 Å². The fourth-order valence-corrected chi connectivity index (χ4v) is 4.02. The first-order valence-corrected chi connectivity index (χ1v) is 11.4. The Bertz CT molecular complexity index is 1320. The highest BCUT2D eigenvalue weighted by molar-refractivity contribution is 6.08. The molecule has 1 unspecified atom stereocenters. The summed E-state index contributed by atoms with van der Waals surface area (Å²) in [5.74, 6) is -0.529. The Kier molecular flexibility index (Phi) is 6.58. The topological polar surface area (TPSA) is 111 Å². The van der Waals surface area contributed by atoms with Gasteiger partial charge in [-0.3, -0.25) is 9.59 Å². The number of benzene rings is 2. The highest BCUT2D eigenvalue weighted by Gasteiger charge is 2.19. The van der Waals surface area contributed by atoms with Gasteiger partial charge in [0.2, 0.25) is 0 Å². The molecule has 4 aromatic rings. The third-order valence-electron chi connectivity index (χ3n) is 5.83. The molecule has 2 amide bonds. The molecule has 3 heterocycles. The van der Waals surface area contributed by atoms with Crippen LogP contribution in [0.5, 0.6) is 0 Å². The lowest BCUT2D eigenvalue weighted by Gasteiger charge is -2.13. The zero-order chi connectivity index (χ0) is 24.0. The number of nitrogens with zero attached hydrogens (tertiary/aromatic N) is 4. The van der Waals surface area contributed by atoms with Crippen LogP contribution >= 0.6 is 0 Å². The summed E-state index contributed by atoms with van der Waals surface area (Å²) < 4.78 is 7.37. The van der Waals surface area contributed by atoms with Gasteiger partial charge in [-0.1, -0.05) is 24.3 Å². The predicted molar refractivity (Wildman–Crippen MR) is 130 cm³/mol. The quantitative estimate of drug-likeness (QED) is 0.430. The van der Waals surface area contributed by atoms with Crippen molar-refractivity contribution in [2.24, 2.45) is 0 Å². The molecule has 1 aliphatic rings. The Morgan fingerprint density at radius 3 is 2.69 bits per heavy atom. The number of amides is 2. The number of aromatic nitrogens is 4. The van der Waals surface area contributed by atoms with Crippen LogP contribution in [-0.2, 0) is 4.74 Å². The van der Waals surface area contributed by atoms with Crippen molar-refractivity contribution < 1.29 is 14.3 Å². The van der Waals surface area contributed by atoms with E-state index in [4.69, 9.17) is 4.74 Å². The van der Waals surface area contributed by atoms with Crippen LogP contribution in [0.1, 0.15) is 33.7 Å². The number of anilines is 1. The zero-order valence-corrected chi connectivity index (χ0v) is 18.9. The van der Waals surface area contributed by atoms with E-state index >= 15 is 0 Å². The molecule has 0 spiro atoms. The van der Waals surface area contributed by atoms with Crippen molar-refractivity contribution >= 4 is 17.5 Å². The number of rotatable bonds is 7. The maximum atomic E-state index is 13.2. The SMILES string of the molecule is O=C(NCC1CCCO1)c1ccc(-c2cncnc2C(=O)Nc2ccccc2-n2ccnc2)cc1. The predicted octanol–water partition coefficient (Wildman–Crippen LogP) is 3.49. The minimum Gasteiger partial charge on any atom is -0.376 e. The molecule has 0 radical (unpaired) electrons. The molecule has 0 bridgehead atoms. The van der Waals surface area contributed by atoms with Crippen molar-refractivity contribution in [3.8, 4) is 16.8 Å². The molecule has 9 nitrogen and oxygen atoms in total. The summed E-state index contributed by atoms with van der Waals surface area (Å²) in [6, 6.07) is 14.5. The van der Waals surface area contributed by atoms with E-state index in [9.17, 15) is 9.59 Å². The molecule has 0 saturated carbocycles. The molecule has 1 atom stereocenters. The first-order chi connectivity index (χ1) is 17.2. The van der Waals surface area contributed by atoms with Gasteiger partial charge in [0.15, 0.2) is 0 Å². The van der Waals surface area contributed by atoms with Gasteiger partial charge in [-0.15, -0.1) is 0 Å². The molecule has 0 aliphatic carbocycles. The Labute approximate surface area is 202 Å². The molecule has 1 aliphatic heterocycles. The summed E-state index contributed by atoms with van der Waals surface area (Å²) in [5.41, 5.74) is 3.47. The van der Waals surface area contributed by atoms with Crippen LogP contribution in [0, 0.1) is 0 Å². The second-order valence-electron chi connectivity index (χ2n) is 8.15. The van der Waals surface area contributed by atoms with Gasteiger partial charge in [0, 0.05) is 42.9 Å². The van der Waals surface area contributed by atoms with Crippen LogP contribution in [-0.4, -0.2) is 50.6 Å². The molecule has 1 fully saturated rings. The van der Waals surface area contributed by atoms with Crippen LogP contribution in [0.3, 0.4) is 0 Å². The number of ether oxygens (including phenoxy) is 1. The third-order valence-corrected chi connectivity index (χ3v) is 5.83. The summed E-state index contributed by atoms with van der Waals surface area (Å²) in [7, 11) is 0. The maximum Gasteiger partial charge on any atom is 0.275 e. The number of para-hydroxylation sites is 2. The molecule has 2 aromatic carbocycles. The van der Waals surface area contributed by atoms with Crippen LogP contribution in [0.4, 0.5) is 5.69 Å². The summed E-state index contributed by atoms with van der Waals surface area (Å²) in [5, 5.41) is 5.86. The zero-order valence-electron chi connectivity index (χ0n) is 18.9. The van der Waals surface area contributed by atoms with Gasteiger partial charge in [-0.25, -0.2) is 15.0 Å². The van der Waals surface area contributed by atoms with Gasteiger partial charge in [0.25, 0.3) is 11.8 Å². The fraction of sp³-hybridized carbons (Fsp3) is 0.192. The van der Waals surface area contributed by atoms with E-state index in [1.165, 1.54) is 6.33 Å². The third kappa shape index (κ3) is 5.10. The second-order valence-corrected chi connectivity index (χ2v) is 8.15. The minimum atomic E-state index is -0.367.